The van der Waals surface area contributed by atoms with Gasteiger partial charge in [-0.15, -0.1) is 0 Å². The maximum Gasteiger partial charge on any atom is 0.410 e. The zero-order valence-electron chi connectivity index (χ0n) is 21.1. The number of likely N-dealkylation sites (tertiary alicyclic amines) is 1. The number of carbonyl (C=O) groups is 2. The number of nitrogens with zero attached hydrogens (tertiary/aromatic N) is 2. The van der Waals surface area contributed by atoms with E-state index in [9.17, 15) is 9.59 Å². The van der Waals surface area contributed by atoms with Crippen molar-refractivity contribution in [3.63, 3.8) is 0 Å². The summed E-state index contributed by atoms with van der Waals surface area (Å²) < 4.78 is 12.0. The molecule has 1 saturated carbocycles. The fraction of sp³-hybridized carbons (Fsp3) is 0.536. The van der Waals surface area contributed by atoms with Crippen molar-refractivity contribution in [2.45, 2.75) is 71.0 Å². The largest absolute Gasteiger partial charge is 0.485 e. The Hall–Kier alpha value is -3.09. The topological polar surface area (TPSA) is 80.8 Å². The highest BCUT2D eigenvalue weighted by molar-refractivity contribution is 5.94. The van der Waals surface area contributed by atoms with E-state index in [1.807, 2.05) is 63.1 Å². The number of aromatic nitrogens is 1. The Bertz CT molecular complexity index is 1120. The summed E-state index contributed by atoms with van der Waals surface area (Å²) in [5.74, 6) is 0.820. The molecule has 7 heteroatoms. The van der Waals surface area contributed by atoms with Gasteiger partial charge in [0.1, 0.15) is 17.0 Å². The van der Waals surface area contributed by atoms with E-state index in [1.54, 1.807) is 0 Å². The van der Waals surface area contributed by atoms with Gasteiger partial charge in [0.05, 0.1) is 11.9 Å². The first kappa shape index (κ1) is 23.6. The summed E-state index contributed by atoms with van der Waals surface area (Å²) in [6.07, 6.45) is 6.56. The van der Waals surface area contributed by atoms with E-state index in [0.717, 1.165) is 62.2 Å². The summed E-state index contributed by atoms with van der Waals surface area (Å²) >= 11 is 0. The second kappa shape index (κ2) is 8.54. The van der Waals surface area contributed by atoms with Crippen LogP contribution in [0.15, 0.2) is 36.5 Å². The van der Waals surface area contributed by atoms with Gasteiger partial charge >= 0.3 is 6.09 Å². The summed E-state index contributed by atoms with van der Waals surface area (Å²) in [6.45, 7) is 9.73. The van der Waals surface area contributed by atoms with Crippen LogP contribution in [0, 0.1) is 5.41 Å². The summed E-state index contributed by atoms with van der Waals surface area (Å²) in [4.78, 5) is 30.9. The SMILES string of the molecule is CCNC(=O)c1ccc(-c2cc3c(cn2)OC2(C3)CC3(CCN(C(=O)OC(C)(C)C)CC3)C2)cc1. The van der Waals surface area contributed by atoms with E-state index in [2.05, 4.69) is 16.4 Å². The number of benzene rings is 1. The number of hydrogen-bond donors (Lipinski definition) is 1. The minimum Gasteiger partial charge on any atom is -0.485 e. The Labute approximate surface area is 207 Å². The number of fused-ring (bicyclic) bond motifs is 1. The molecule has 3 heterocycles. The van der Waals surface area contributed by atoms with E-state index in [0.29, 0.717) is 12.1 Å². The third kappa shape index (κ3) is 4.73. The van der Waals surface area contributed by atoms with Gasteiger partial charge < -0.3 is 19.7 Å². The molecule has 2 spiro atoms. The molecule has 2 aliphatic heterocycles. The average Bonchev–Trinajstić information content (AvgIpc) is 3.16. The summed E-state index contributed by atoms with van der Waals surface area (Å²) in [5, 5.41) is 2.82. The van der Waals surface area contributed by atoms with Crippen molar-refractivity contribution < 1.29 is 19.1 Å². The first-order chi connectivity index (χ1) is 16.6. The van der Waals surface area contributed by atoms with Crippen LogP contribution in [0.5, 0.6) is 5.75 Å². The second-order valence-corrected chi connectivity index (χ2v) is 11.4. The average molecular weight is 478 g/mol. The molecule has 1 saturated heterocycles. The number of carbonyl (C=O) groups excluding carboxylic acids is 2. The van der Waals surface area contributed by atoms with Crippen LogP contribution in [0.2, 0.25) is 0 Å². The number of pyridine rings is 1. The number of hydrogen-bond acceptors (Lipinski definition) is 5. The Morgan fingerprint density at radius 1 is 1.14 bits per heavy atom. The Morgan fingerprint density at radius 2 is 1.83 bits per heavy atom. The lowest BCUT2D eigenvalue weighted by Gasteiger charge is -2.56. The fourth-order valence-corrected chi connectivity index (χ4v) is 5.90. The van der Waals surface area contributed by atoms with E-state index in [4.69, 9.17) is 9.47 Å². The van der Waals surface area contributed by atoms with E-state index < -0.39 is 5.60 Å². The molecule has 1 aromatic heterocycles. The second-order valence-electron chi connectivity index (χ2n) is 11.4. The molecule has 1 aliphatic carbocycles. The molecule has 0 bridgehead atoms. The highest BCUT2D eigenvalue weighted by Gasteiger charge is 2.59. The van der Waals surface area contributed by atoms with Crippen LogP contribution in [0.25, 0.3) is 11.3 Å². The lowest BCUT2D eigenvalue weighted by molar-refractivity contribution is -0.120. The molecule has 1 aromatic carbocycles. The number of rotatable bonds is 3. The Morgan fingerprint density at radius 3 is 2.46 bits per heavy atom. The first-order valence-corrected chi connectivity index (χ1v) is 12.6. The van der Waals surface area contributed by atoms with Crippen LogP contribution < -0.4 is 10.1 Å². The van der Waals surface area contributed by atoms with Crippen molar-refractivity contribution in [3.8, 4) is 17.0 Å². The molecular formula is C28H35N3O4. The van der Waals surface area contributed by atoms with Crippen LogP contribution in [0.1, 0.15) is 69.3 Å². The van der Waals surface area contributed by atoms with Gasteiger partial charge in [0.15, 0.2) is 0 Å². The van der Waals surface area contributed by atoms with E-state index >= 15 is 0 Å². The van der Waals surface area contributed by atoms with Crippen molar-refractivity contribution >= 4 is 12.0 Å². The molecule has 2 aromatic rings. The Kier molecular flexibility index (Phi) is 5.77. The molecule has 0 unspecified atom stereocenters. The number of piperidine rings is 1. The first-order valence-electron chi connectivity index (χ1n) is 12.6. The van der Waals surface area contributed by atoms with Crippen LogP contribution in [-0.4, -0.2) is 52.7 Å². The quantitative estimate of drug-likeness (QED) is 0.674. The zero-order chi connectivity index (χ0) is 24.8. The van der Waals surface area contributed by atoms with Crippen LogP contribution in [-0.2, 0) is 11.2 Å². The monoisotopic (exact) mass is 477 g/mol. The van der Waals surface area contributed by atoms with Gasteiger partial charge in [-0.25, -0.2) is 4.79 Å². The predicted octanol–water partition coefficient (Wildman–Crippen LogP) is 4.98. The molecule has 2 amide bonds. The van der Waals surface area contributed by atoms with Gasteiger partial charge in [0.25, 0.3) is 5.91 Å². The maximum atomic E-state index is 12.4. The highest BCUT2D eigenvalue weighted by Crippen LogP contribution is 2.60. The van der Waals surface area contributed by atoms with Crippen molar-refractivity contribution in [1.82, 2.24) is 15.2 Å². The third-order valence-electron chi connectivity index (χ3n) is 7.44. The molecule has 1 N–H and O–H groups in total. The normalized spacial score (nSPS) is 19.6. The predicted molar refractivity (Wildman–Crippen MR) is 133 cm³/mol. The lowest BCUT2D eigenvalue weighted by Crippen LogP contribution is -2.59. The summed E-state index contributed by atoms with van der Waals surface area (Å²) in [7, 11) is 0. The minimum absolute atomic E-state index is 0.0628. The van der Waals surface area contributed by atoms with Crippen molar-refractivity contribution in [1.29, 1.82) is 0 Å². The summed E-state index contributed by atoms with van der Waals surface area (Å²) in [5.41, 5.74) is 3.38. The molecule has 2 fully saturated rings. The van der Waals surface area contributed by atoms with Gasteiger partial charge in [-0.05, 0) is 77.0 Å². The molecule has 5 rings (SSSR count). The smallest absolute Gasteiger partial charge is 0.410 e. The van der Waals surface area contributed by atoms with Crippen LogP contribution >= 0.6 is 0 Å². The fourth-order valence-electron chi connectivity index (χ4n) is 5.90. The van der Waals surface area contributed by atoms with Crippen molar-refractivity contribution in [3.05, 3.63) is 47.7 Å². The van der Waals surface area contributed by atoms with Crippen LogP contribution in [0.4, 0.5) is 4.79 Å². The van der Waals surface area contributed by atoms with E-state index in [-0.39, 0.29) is 23.0 Å². The Balaban J connectivity index is 1.20. The molecule has 0 radical (unpaired) electrons. The molecule has 186 valence electrons. The zero-order valence-corrected chi connectivity index (χ0v) is 21.1. The maximum absolute atomic E-state index is 12.4. The molecular weight excluding hydrogens is 442 g/mol. The molecule has 35 heavy (non-hydrogen) atoms. The van der Waals surface area contributed by atoms with Crippen molar-refractivity contribution in [2.75, 3.05) is 19.6 Å². The number of nitrogens with one attached hydrogen (secondary N) is 1. The van der Waals surface area contributed by atoms with Gasteiger partial charge in [-0.2, -0.15) is 0 Å². The summed E-state index contributed by atoms with van der Waals surface area (Å²) in [6, 6.07) is 9.70. The third-order valence-corrected chi connectivity index (χ3v) is 7.44. The minimum atomic E-state index is -0.463. The molecule has 7 nitrogen and oxygen atoms in total. The lowest BCUT2D eigenvalue weighted by atomic mass is 9.54. The van der Waals surface area contributed by atoms with Gasteiger partial charge in [0, 0.05) is 42.7 Å². The highest BCUT2D eigenvalue weighted by atomic mass is 16.6. The van der Waals surface area contributed by atoms with Gasteiger partial charge in [-0.3, -0.25) is 9.78 Å². The number of ether oxygens (including phenoxy) is 2. The van der Waals surface area contributed by atoms with Crippen LogP contribution in [0.3, 0.4) is 0 Å². The standard InChI is InChI=1S/C28H35N3O4/c1-5-29-24(32)20-8-6-19(7-9-20)22-14-21-15-28(34-23(21)16-30-22)17-27(18-28)10-12-31(13-11-27)25(33)35-26(2,3)4/h6-9,14,16H,5,10-13,15,17-18H2,1-4H3,(H,29,32). The molecule has 0 atom stereocenters. The van der Waals surface area contributed by atoms with Gasteiger partial charge in [-0.1, -0.05) is 12.1 Å². The van der Waals surface area contributed by atoms with E-state index in [1.165, 1.54) is 5.56 Å². The number of amides is 2. The van der Waals surface area contributed by atoms with Gasteiger partial charge in [0.2, 0.25) is 0 Å². The molecule has 3 aliphatic rings. The van der Waals surface area contributed by atoms with Crippen molar-refractivity contribution in [2.24, 2.45) is 5.41 Å².